The van der Waals surface area contributed by atoms with E-state index in [-0.39, 0.29) is 17.6 Å². The molecule has 0 saturated heterocycles. The van der Waals surface area contributed by atoms with Crippen LogP contribution in [-0.4, -0.2) is 35.4 Å². The molecule has 21 heavy (non-hydrogen) atoms. The molecule has 0 radical (unpaired) electrons. The maximum atomic E-state index is 11.6. The van der Waals surface area contributed by atoms with E-state index in [0.29, 0.717) is 16.5 Å². The van der Waals surface area contributed by atoms with Crippen molar-refractivity contribution in [1.82, 2.24) is 5.32 Å². The molecule has 7 heteroatoms. The standard InChI is InChI=1S/C14H19N3O3S/c1-15-14(18)9-3-6-12(13(7-9)17(19)20)16-10-4-5-11(8-10)21-2/h3,6-7,10-11,16H,4-5,8H2,1-2H3,(H,15,18). The van der Waals surface area contributed by atoms with E-state index in [9.17, 15) is 14.9 Å². The Hall–Kier alpha value is -1.76. The first-order valence-electron chi connectivity index (χ1n) is 6.85. The van der Waals surface area contributed by atoms with Gasteiger partial charge in [0.2, 0.25) is 0 Å². The molecule has 1 saturated carbocycles. The van der Waals surface area contributed by atoms with Gasteiger partial charge in [-0.2, -0.15) is 11.8 Å². The average molecular weight is 309 g/mol. The molecule has 2 unspecified atom stereocenters. The quantitative estimate of drug-likeness (QED) is 0.645. The highest BCUT2D eigenvalue weighted by Gasteiger charge is 2.26. The summed E-state index contributed by atoms with van der Waals surface area (Å²) in [7, 11) is 1.50. The molecule has 1 aromatic rings. The average Bonchev–Trinajstić information content (AvgIpc) is 2.94. The Morgan fingerprint density at radius 1 is 1.43 bits per heavy atom. The molecular formula is C14H19N3O3S. The van der Waals surface area contributed by atoms with Crippen molar-refractivity contribution in [2.45, 2.75) is 30.6 Å². The van der Waals surface area contributed by atoms with Crippen LogP contribution in [0, 0.1) is 10.1 Å². The van der Waals surface area contributed by atoms with Gasteiger partial charge in [-0.05, 0) is 37.7 Å². The van der Waals surface area contributed by atoms with Crippen molar-refractivity contribution in [3.63, 3.8) is 0 Å². The second-order valence-electron chi connectivity index (χ2n) is 5.08. The number of nitrogens with one attached hydrogen (secondary N) is 2. The predicted molar refractivity (Wildman–Crippen MR) is 85.1 cm³/mol. The van der Waals surface area contributed by atoms with E-state index < -0.39 is 4.92 Å². The van der Waals surface area contributed by atoms with Crippen LogP contribution in [0.4, 0.5) is 11.4 Å². The Bertz CT molecular complexity index is 550. The van der Waals surface area contributed by atoms with Gasteiger partial charge in [-0.3, -0.25) is 14.9 Å². The summed E-state index contributed by atoms with van der Waals surface area (Å²) in [6, 6.07) is 4.80. The third-order valence-corrected chi connectivity index (χ3v) is 4.86. The van der Waals surface area contributed by atoms with Gasteiger partial charge in [-0.25, -0.2) is 0 Å². The molecule has 1 aromatic carbocycles. The number of thioether (sulfide) groups is 1. The summed E-state index contributed by atoms with van der Waals surface area (Å²) in [6.45, 7) is 0. The number of hydrogen-bond acceptors (Lipinski definition) is 5. The van der Waals surface area contributed by atoms with E-state index >= 15 is 0 Å². The van der Waals surface area contributed by atoms with Crippen LogP contribution in [0.3, 0.4) is 0 Å². The fourth-order valence-corrected chi connectivity index (χ4v) is 3.39. The number of carbonyl (C=O) groups excluding carboxylic acids is 1. The van der Waals surface area contributed by atoms with Crippen molar-refractivity contribution in [3.05, 3.63) is 33.9 Å². The molecule has 0 aromatic heterocycles. The van der Waals surface area contributed by atoms with Crippen LogP contribution in [-0.2, 0) is 0 Å². The number of rotatable bonds is 5. The molecular weight excluding hydrogens is 290 g/mol. The summed E-state index contributed by atoms with van der Waals surface area (Å²) >= 11 is 1.84. The minimum atomic E-state index is -0.449. The van der Waals surface area contributed by atoms with Crippen molar-refractivity contribution < 1.29 is 9.72 Å². The number of nitro benzene ring substituents is 1. The van der Waals surface area contributed by atoms with Crippen molar-refractivity contribution in [1.29, 1.82) is 0 Å². The van der Waals surface area contributed by atoms with Crippen molar-refractivity contribution in [2.24, 2.45) is 0 Å². The molecule has 114 valence electrons. The molecule has 0 aliphatic heterocycles. The number of hydrogen-bond donors (Lipinski definition) is 2. The second-order valence-corrected chi connectivity index (χ2v) is 6.22. The Morgan fingerprint density at radius 3 is 2.76 bits per heavy atom. The summed E-state index contributed by atoms with van der Waals surface area (Å²) in [5.41, 5.74) is 0.728. The van der Waals surface area contributed by atoms with Gasteiger partial charge < -0.3 is 10.6 Å². The Kier molecular flexibility index (Phi) is 5.06. The fourth-order valence-electron chi connectivity index (χ4n) is 2.60. The molecule has 6 nitrogen and oxygen atoms in total. The molecule has 2 atom stereocenters. The van der Waals surface area contributed by atoms with E-state index in [1.165, 1.54) is 13.1 Å². The zero-order valence-corrected chi connectivity index (χ0v) is 12.9. The molecule has 2 N–H and O–H groups in total. The van der Waals surface area contributed by atoms with Gasteiger partial charge in [0.25, 0.3) is 11.6 Å². The van der Waals surface area contributed by atoms with E-state index in [2.05, 4.69) is 16.9 Å². The SMILES string of the molecule is CNC(=O)c1ccc(NC2CCC(SC)C2)c([N+](=O)[O-])c1. The van der Waals surface area contributed by atoms with Crippen LogP contribution in [0.5, 0.6) is 0 Å². The van der Waals surface area contributed by atoms with Crippen LogP contribution in [0.1, 0.15) is 29.6 Å². The van der Waals surface area contributed by atoms with Gasteiger partial charge >= 0.3 is 0 Å². The zero-order chi connectivity index (χ0) is 15.4. The topological polar surface area (TPSA) is 84.3 Å². The van der Waals surface area contributed by atoms with Crippen LogP contribution in [0.2, 0.25) is 0 Å². The maximum Gasteiger partial charge on any atom is 0.293 e. The first kappa shape index (κ1) is 15.6. The summed E-state index contributed by atoms with van der Waals surface area (Å²) in [5.74, 6) is -0.326. The van der Waals surface area contributed by atoms with Gasteiger partial charge in [0.1, 0.15) is 5.69 Å². The van der Waals surface area contributed by atoms with E-state index in [1.54, 1.807) is 12.1 Å². The van der Waals surface area contributed by atoms with Crippen LogP contribution in [0.25, 0.3) is 0 Å². The summed E-state index contributed by atoms with van der Waals surface area (Å²) in [4.78, 5) is 22.3. The number of carbonyl (C=O) groups is 1. The number of nitro groups is 1. The van der Waals surface area contributed by atoms with E-state index in [1.807, 2.05) is 11.8 Å². The smallest absolute Gasteiger partial charge is 0.293 e. The molecule has 2 rings (SSSR count). The summed E-state index contributed by atoms with van der Waals surface area (Å²) < 4.78 is 0. The fraction of sp³-hybridized carbons (Fsp3) is 0.500. The summed E-state index contributed by atoms with van der Waals surface area (Å²) in [5, 5.41) is 17.5. The third-order valence-electron chi connectivity index (χ3n) is 3.76. The molecule has 0 spiro atoms. The van der Waals surface area contributed by atoms with Crippen molar-refractivity contribution in [2.75, 3.05) is 18.6 Å². The first-order valence-corrected chi connectivity index (χ1v) is 8.13. The minimum absolute atomic E-state index is 0.0521. The summed E-state index contributed by atoms with van der Waals surface area (Å²) in [6.07, 6.45) is 5.24. The van der Waals surface area contributed by atoms with Gasteiger partial charge in [0.05, 0.1) is 4.92 Å². The van der Waals surface area contributed by atoms with Gasteiger partial charge in [0.15, 0.2) is 0 Å². The highest BCUT2D eigenvalue weighted by molar-refractivity contribution is 7.99. The van der Waals surface area contributed by atoms with Crippen molar-refractivity contribution in [3.8, 4) is 0 Å². The van der Waals surface area contributed by atoms with Crippen LogP contribution in [0.15, 0.2) is 18.2 Å². The lowest BCUT2D eigenvalue weighted by molar-refractivity contribution is -0.384. The Balaban J connectivity index is 2.19. The number of benzene rings is 1. The molecule has 1 fully saturated rings. The van der Waals surface area contributed by atoms with Gasteiger partial charge in [-0.1, -0.05) is 0 Å². The molecule has 0 heterocycles. The van der Waals surface area contributed by atoms with Gasteiger partial charge in [0, 0.05) is 30.0 Å². The lowest BCUT2D eigenvalue weighted by Gasteiger charge is -2.14. The second kappa shape index (κ2) is 6.80. The molecule has 0 bridgehead atoms. The zero-order valence-electron chi connectivity index (χ0n) is 12.1. The maximum absolute atomic E-state index is 11.6. The highest BCUT2D eigenvalue weighted by atomic mass is 32.2. The molecule has 1 aliphatic rings. The normalized spacial score (nSPS) is 21.0. The monoisotopic (exact) mass is 309 g/mol. The third kappa shape index (κ3) is 3.66. The number of anilines is 1. The van der Waals surface area contributed by atoms with Crippen LogP contribution >= 0.6 is 11.8 Å². The predicted octanol–water partition coefficient (Wildman–Crippen LogP) is 2.65. The first-order chi connectivity index (χ1) is 10.0. The lowest BCUT2D eigenvalue weighted by Crippen LogP contribution is -2.19. The minimum Gasteiger partial charge on any atom is -0.377 e. The number of nitrogens with zero attached hydrogens (tertiary/aromatic N) is 1. The van der Waals surface area contributed by atoms with Crippen molar-refractivity contribution >= 4 is 29.0 Å². The Labute approximate surface area is 127 Å². The molecule has 1 aliphatic carbocycles. The highest BCUT2D eigenvalue weighted by Crippen LogP contribution is 2.33. The van der Waals surface area contributed by atoms with E-state index in [4.69, 9.17) is 0 Å². The largest absolute Gasteiger partial charge is 0.377 e. The lowest BCUT2D eigenvalue weighted by atomic mass is 10.1. The van der Waals surface area contributed by atoms with E-state index in [0.717, 1.165) is 19.3 Å². The van der Waals surface area contributed by atoms with Crippen LogP contribution < -0.4 is 10.6 Å². The number of amides is 1. The van der Waals surface area contributed by atoms with Gasteiger partial charge in [-0.15, -0.1) is 0 Å². The Morgan fingerprint density at radius 2 is 2.19 bits per heavy atom. The molecule has 1 amide bonds.